The highest BCUT2D eigenvalue weighted by atomic mass is 35.5. The van der Waals surface area contributed by atoms with Crippen molar-refractivity contribution in [3.8, 4) is 17.8 Å². The summed E-state index contributed by atoms with van der Waals surface area (Å²) in [6, 6.07) is 8.69. The number of nitrogens with zero attached hydrogens (tertiary/aromatic N) is 3. The molecule has 1 aromatic carbocycles. The molecule has 1 aliphatic heterocycles. The van der Waals surface area contributed by atoms with Crippen LogP contribution >= 0.6 is 11.6 Å². The highest BCUT2D eigenvalue weighted by molar-refractivity contribution is 6.29. The molecule has 0 fully saturated rings. The van der Waals surface area contributed by atoms with Gasteiger partial charge in [-0.15, -0.1) is 0 Å². The van der Waals surface area contributed by atoms with E-state index in [2.05, 4.69) is 25.6 Å². The van der Waals surface area contributed by atoms with Crippen molar-refractivity contribution in [2.24, 2.45) is 0 Å². The number of fused-ring (bicyclic) bond motifs is 5. The minimum Gasteiger partial charge on any atom is -0.461 e. The van der Waals surface area contributed by atoms with Crippen molar-refractivity contribution in [2.45, 2.75) is 13.0 Å². The van der Waals surface area contributed by atoms with Crippen molar-refractivity contribution in [1.29, 1.82) is 0 Å². The van der Waals surface area contributed by atoms with Gasteiger partial charge in [-0.25, -0.2) is 4.98 Å². The van der Waals surface area contributed by atoms with Crippen molar-refractivity contribution >= 4 is 45.1 Å². The summed E-state index contributed by atoms with van der Waals surface area (Å²) in [6.45, 7) is 3.18. The third kappa shape index (κ3) is 4.22. The van der Waals surface area contributed by atoms with E-state index in [-0.39, 0.29) is 41.4 Å². The average Bonchev–Trinajstić information content (AvgIpc) is 3.10. The Morgan fingerprint density at radius 2 is 2.03 bits per heavy atom. The number of amides is 1. The molecule has 1 atom stereocenters. The van der Waals surface area contributed by atoms with Crippen molar-refractivity contribution < 1.29 is 23.4 Å². The number of nitrogens with one attached hydrogen (secondary N) is 2. The molecule has 0 radical (unpaired) electrons. The number of halogens is 1. The van der Waals surface area contributed by atoms with E-state index in [1.807, 2.05) is 13.0 Å². The zero-order valence-electron chi connectivity index (χ0n) is 17.8. The Morgan fingerprint density at radius 1 is 1.15 bits per heavy atom. The van der Waals surface area contributed by atoms with Crippen LogP contribution in [-0.2, 0) is 4.74 Å². The summed E-state index contributed by atoms with van der Waals surface area (Å²) in [5.41, 5.74) is 1.92. The lowest BCUT2D eigenvalue weighted by Gasteiger charge is -2.10. The van der Waals surface area contributed by atoms with Crippen molar-refractivity contribution in [3.63, 3.8) is 0 Å². The first-order valence-corrected chi connectivity index (χ1v) is 10.6. The Hall–Kier alpha value is -3.63. The number of carbonyl (C=O) groups is 1. The Balaban J connectivity index is 1.48. The molecule has 11 heteroatoms. The highest BCUT2D eigenvalue weighted by Gasteiger charge is 2.26. The fourth-order valence-electron chi connectivity index (χ4n) is 3.58. The van der Waals surface area contributed by atoms with Gasteiger partial charge in [0.15, 0.2) is 0 Å². The molecule has 170 valence electrons. The van der Waals surface area contributed by atoms with Crippen LogP contribution in [0.3, 0.4) is 0 Å². The maximum Gasteiger partial charge on any atom is 0.321 e. The van der Waals surface area contributed by atoms with E-state index >= 15 is 0 Å². The number of hydrogen-bond acceptors (Lipinski definition) is 9. The van der Waals surface area contributed by atoms with Gasteiger partial charge < -0.3 is 29.3 Å². The van der Waals surface area contributed by atoms with Gasteiger partial charge >= 0.3 is 6.01 Å². The molecule has 10 nitrogen and oxygen atoms in total. The number of carbonyl (C=O) groups excluding carboxylic acids is 1. The lowest BCUT2D eigenvalue weighted by molar-refractivity contribution is 0.0920. The minimum atomic E-state index is -0.246. The summed E-state index contributed by atoms with van der Waals surface area (Å²) in [5.74, 6) is 0.524. The summed E-state index contributed by atoms with van der Waals surface area (Å²) in [6.07, 6.45) is 0. The van der Waals surface area contributed by atoms with E-state index in [4.69, 9.17) is 30.2 Å². The van der Waals surface area contributed by atoms with Gasteiger partial charge in [-0.1, -0.05) is 11.6 Å². The maximum atomic E-state index is 12.5. The Labute approximate surface area is 193 Å². The molecule has 3 aromatic heterocycles. The molecule has 4 heterocycles. The molecule has 1 amide bonds. The van der Waals surface area contributed by atoms with E-state index < -0.39 is 0 Å². The molecule has 0 saturated carbocycles. The van der Waals surface area contributed by atoms with Crippen LogP contribution in [0.4, 0.5) is 5.69 Å². The van der Waals surface area contributed by atoms with Crippen LogP contribution in [0.25, 0.3) is 21.9 Å². The van der Waals surface area contributed by atoms with E-state index in [1.54, 1.807) is 25.3 Å². The second-order valence-corrected chi connectivity index (χ2v) is 7.86. The molecular formula is C22H20ClN5O5. The number of methoxy groups -OCH3 is 1. The van der Waals surface area contributed by atoms with Gasteiger partial charge in [0.1, 0.15) is 17.3 Å². The quantitative estimate of drug-likeness (QED) is 0.321. The molecule has 0 unspecified atom stereocenters. The predicted octanol–water partition coefficient (Wildman–Crippen LogP) is 3.79. The highest BCUT2D eigenvalue weighted by Crippen LogP contribution is 2.37. The first-order valence-electron chi connectivity index (χ1n) is 10.3. The zero-order chi connectivity index (χ0) is 22.9. The number of ether oxygens (including phenoxy) is 3. The maximum absolute atomic E-state index is 12.5. The average molecular weight is 470 g/mol. The van der Waals surface area contributed by atoms with Crippen LogP contribution in [0.15, 0.2) is 34.7 Å². The monoisotopic (exact) mass is 469 g/mol. The summed E-state index contributed by atoms with van der Waals surface area (Å²) in [4.78, 5) is 25.3. The zero-order valence-corrected chi connectivity index (χ0v) is 18.6. The molecule has 1 aliphatic rings. The van der Waals surface area contributed by atoms with Crippen LogP contribution in [-0.4, -0.2) is 53.8 Å². The molecule has 4 aromatic rings. The Bertz CT molecular complexity index is 1360. The molecule has 0 aliphatic carbocycles. The number of pyridine rings is 1. The van der Waals surface area contributed by atoms with Crippen molar-refractivity contribution in [1.82, 2.24) is 20.3 Å². The third-order valence-corrected chi connectivity index (χ3v) is 5.24. The van der Waals surface area contributed by atoms with Crippen LogP contribution in [0.5, 0.6) is 17.8 Å². The third-order valence-electron chi connectivity index (χ3n) is 5.04. The standard InChI is InChI=1S/C22H20ClN5O5/c1-11-10-24-19-18-12-3-6-16(26-13(12)4-5-14(18)32-20(19)21(29)25-11)33-17-9-15(23)27-22(28-17)31-8-7-30-2/h3-6,9,11,24H,7-8,10H2,1-2H3,(H,25,29)/t11-/m1/s1. The molecule has 0 bridgehead atoms. The fourth-order valence-corrected chi connectivity index (χ4v) is 3.75. The van der Waals surface area contributed by atoms with Crippen LogP contribution in [0, 0.1) is 0 Å². The number of aromatic nitrogens is 3. The fraction of sp³-hybridized carbons (Fsp3) is 0.273. The summed E-state index contributed by atoms with van der Waals surface area (Å²) < 4.78 is 22.0. The van der Waals surface area contributed by atoms with Crippen LogP contribution in [0.1, 0.15) is 17.5 Å². The first-order chi connectivity index (χ1) is 16.0. The Morgan fingerprint density at radius 3 is 2.88 bits per heavy atom. The van der Waals surface area contributed by atoms with Crippen LogP contribution in [0.2, 0.25) is 5.15 Å². The largest absolute Gasteiger partial charge is 0.461 e. The topological polar surface area (TPSA) is 121 Å². The second kappa shape index (κ2) is 8.72. The Kier molecular flexibility index (Phi) is 5.61. The molecular weight excluding hydrogens is 450 g/mol. The van der Waals surface area contributed by atoms with Gasteiger partial charge in [-0.2, -0.15) is 9.97 Å². The van der Waals surface area contributed by atoms with Crippen molar-refractivity contribution in [3.05, 3.63) is 41.2 Å². The number of hydrogen-bond donors (Lipinski definition) is 2. The second-order valence-electron chi connectivity index (χ2n) is 7.47. The number of benzene rings is 1. The predicted molar refractivity (Wildman–Crippen MR) is 121 cm³/mol. The summed E-state index contributed by atoms with van der Waals surface area (Å²) in [7, 11) is 1.57. The summed E-state index contributed by atoms with van der Waals surface area (Å²) >= 11 is 6.07. The summed E-state index contributed by atoms with van der Waals surface area (Å²) in [5, 5.41) is 8.01. The van der Waals surface area contributed by atoms with Gasteiger partial charge in [0.05, 0.1) is 23.2 Å². The molecule has 0 spiro atoms. The van der Waals surface area contributed by atoms with Gasteiger partial charge in [0.25, 0.3) is 5.91 Å². The number of furan rings is 1. The van der Waals surface area contributed by atoms with Gasteiger partial charge in [0, 0.05) is 37.2 Å². The molecule has 2 N–H and O–H groups in total. The van der Waals surface area contributed by atoms with E-state index in [0.29, 0.717) is 35.8 Å². The smallest absolute Gasteiger partial charge is 0.321 e. The van der Waals surface area contributed by atoms with E-state index in [1.165, 1.54) is 6.07 Å². The van der Waals surface area contributed by atoms with Gasteiger partial charge in [0.2, 0.25) is 17.5 Å². The molecule has 33 heavy (non-hydrogen) atoms. The SMILES string of the molecule is COCCOc1nc(Cl)cc(Oc2ccc3c(ccc4oc5c(c43)NC[C@@H](C)NC5=O)n2)n1. The van der Waals surface area contributed by atoms with E-state index in [9.17, 15) is 4.79 Å². The molecule has 0 saturated heterocycles. The van der Waals surface area contributed by atoms with Crippen LogP contribution < -0.4 is 20.1 Å². The lowest BCUT2D eigenvalue weighted by atomic mass is 10.1. The van der Waals surface area contributed by atoms with E-state index in [0.717, 1.165) is 10.8 Å². The normalized spacial score (nSPS) is 15.6. The number of anilines is 1. The first kappa shape index (κ1) is 21.2. The molecule has 5 rings (SSSR count). The van der Waals surface area contributed by atoms with Crippen molar-refractivity contribution in [2.75, 3.05) is 32.2 Å². The lowest BCUT2D eigenvalue weighted by Crippen LogP contribution is -2.34. The minimum absolute atomic E-state index is 0.0219. The van der Waals surface area contributed by atoms with Gasteiger partial charge in [-0.05, 0) is 25.1 Å². The van der Waals surface area contributed by atoms with Gasteiger partial charge in [-0.3, -0.25) is 4.79 Å². The number of rotatable bonds is 6.